The maximum absolute atomic E-state index is 4.45. The zero-order valence-electron chi connectivity index (χ0n) is 13.9. The van der Waals surface area contributed by atoms with Gasteiger partial charge in [0.05, 0.1) is 18.4 Å². The van der Waals surface area contributed by atoms with Crippen molar-refractivity contribution in [2.45, 2.75) is 58.9 Å². The van der Waals surface area contributed by atoms with Crippen molar-refractivity contribution in [1.82, 2.24) is 14.7 Å². The first-order chi connectivity index (χ1) is 10.3. The van der Waals surface area contributed by atoms with E-state index in [0.29, 0.717) is 0 Å². The largest absolute Gasteiger partial charge is 0.383 e. The highest BCUT2D eigenvalue weighted by Crippen LogP contribution is 2.26. The second kappa shape index (κ2) is 9.08. The molecule has 120 valence electrons. The summed E-state index contributed by atoms with van der Waals surface area (Å²) in [6.45, 7) is 9.80. The van der Waals surface area contributed by atoms with Crippen molar-refractivity contribution >= 4 is 5.69 Å². The topological polar surface area (TPSA) is 33.1 Å². The highest BCUT2D eigenvalue weighted by Gasteiger charge is 2.12. The fourth-order valence-corrected chi connectivity index (χ4v) is 3.26. The average Bonchev–Trinajstić information content (AvgIpc) is 2.97. The second-order valence-electron chi connectivity index (χ2n) is 6.24. The van der Waals surface area contributed by atoms with Crippen molar-refractivity contribution in [2.24, 2.45) is 5.92 Å². The first-order valence-corrected chi connectivity index (χ1v) is 8.80. The van der Waals surface area contributed by atoms with Gasteiger partial charge < -0.3 is 10.2 Å². The Balaban J connectivity index is 1.65. The number of hydrogen-bond acceptors (Lipinski definition) is 3. The summed E-state index contributed by atoms with van der Waals surface area (Å²) < 4.78 is 2.06. The predicted molar refractivity (Wildman–Crippen MR) is 89.7 cm³/mol. The van der Waals surface area contributed by atoms with Crippen LogP contribution in [0.4, 0.5) is 5.69 Å². The molecule has 21 heavy (non-hydrogen) atoms. The molecule has 1 aliphatic rings. The summed E-state index contributed by atoms with van der Waals surface area (Å²) in [5, 5.41) is 7.98. The Kier molecular flexibility index (Phi) is 7.07. The van der Waals surface area contributed by atoms with Gasteiger partial charge in [-0.3, -0.25) is 4.68 Å². The van der Waals surface area contributed by atoms with Gasteiger partial charge in [-0.05, 0) is 25.4 Å². The minimum absolute atomic E-state index is 0.948. The van der Waals surface area contributed by atoms with Gasteiger partial charge in [0.1, 0.15) is 0 Å². The highest BCUT2D eigenvalue weighted by atomic mass is 15.3. The minimum atomic E-state index is 0.948. The van der Waals surface area contributed by atoms with E-state index < -0.39 is 0 Å². The summed E-state index contributed by atoms with van der Waals surface area (Å²) in [6, 6.07) is 0. The number of hydrogen-bond donors (Lipinski definition) is 1. The number of nitrogens with zero attached hydrogens (tertiary/aromatic N) is 3. The summed E-state index contributed by atoms with van der Waals surface area (Å²) in [6.07, 6.45) is 12.6. The van der Waals surface area contributed by atoms with Gasteiger partial charge in [0, 0.05) is 19.3 Å². The van der Waals surface area contributed by atoms with Gasteiger partial charge in [0.15, 0.2) is 0 Å². The van der Waals surface area contributed by atoms with E-state index in [1.165, 1.54) is 44.2 Å². The van der Waals surface area contributed by atoms with E-state index in [1.54, 1.807) is 0 Å². The maximum atomic E-state index is 4.45. The third-order valence-corrected chi connectivity index (χ3v) is 4.78. The molecule has 0 unspecified atom stereocenters. The van der Waals surface area contributed by atoms with Crippen LogP contribution in [0.25, 0.3) is 0 Å². The van der Waals surface area contributed by atoms with Crippen LogP contribution in [0.5, 0.6) is 0 Å². The van der Waals surface area contributed by atoms with E-state index in [9.17, 15) is 0 Å². The molecule has 1 N–H and O–H groups in total. The van der Waals surface area contributed by atoms with E-state index >= 15 is 0 Å². The summed E-state index contributed by atoms with van der Waals surface area (Å²) in [5.74, 6) is 0.948. The van der Waals surface area contributed by atoms with Gasteiger partial charge in [-0.2, -0.15) is 5.10 Å². The van der Waals surface area contributed by atoms with Crippen LogP contribution in [0, 0.1) is 5.92 Å². The van der Waals surface area contributed by atoms with E-state index in [0.717, 1.165) is 38.6 Å². The SMILES string of the molecule is CCN(CC)CCn1cc(NCCC2CCCCC2)cn1. The van der Waals surface area contributed by atoms with Crippen molar-refractivity contribution < 1.29 is 0 Å². The van der Waals surface area contributed by atoms with Crippen molar-refractivity contribution in [2.75, 3.05) is 31.5 Å². The Bertz CT molecular complexity index is 378. The van der Waals surface area contributed by atoms with E-state index in [-0.39, 0.29) is 0 Å². The highest BCUT2D eigenvalue weighted by molar-refractivity contribution is 5.37. The third kappa shape index (κ3) is 5.70. The van der Waals surface area contributed by atoms with Crippen LogP contribution >= 0.6 is 0 Å². The average molecular weight is 292 g/mol. The quantitative estimate of drug-likeness (QED) is 0.755. The van der Waals surface area contributed by atoms with Gasteiger partial charge in [0.2, 0.25) is 0 Å². The fraction of sp³-hybridized carbons (Fsp3) is 0.824. The molecule has 0 aliphatic heterocycles. The summed E-state index contributed by atoms with van der Waals surface area (Å²) >= 11 is 0. The van der Waals surface area contributed by atoms with Gasteiger partial charge in [-0.25, -0.2) is 0 Å². The Labute approximate surface area is 129 Å². The van der Waals surface area contributed by atoms with Crippen molar-refractivity contribution in [3.05, 3.63) is 12.4 Å². The lowest BCUT2D eigenvalue weighted by molar-refractivity contribution is 0.285. The van der Waals surface area contributed by atoms with Crippen LogP contribution in [0.2, 0.25) is 0 Å². The third-order valence-electron chi connectivity index (χ3n) is 4.78. The van der Waals surface area contributed by atoms with Crippen LogP contribution < -0.4 is 5.32 Å². The number of anilines is 1. The molecule has 0 spiro atoms. The Morgan fingerprint density at radius 3 is 2.71 bits per heavy atom. The van der Waals surface area contributed by atoms with Gasteiger partial charge in [0.25, 0.3) is 0 Å². The molecule has 1 aliphatic carbocycles. The Hall–Kier alpha value is -1.03. The molecule has 1 heterocycles. The van der Waals surface area contributed by atoms with Crippen LogP contribution in [0.3, 0.4) is 0 Å². The minimum Gasteiger partial charge on any atom is -0.383 e. The lowest BCUT2D eigenvalue weighted by atomic mass is 9.87. The smallest absolute Gasteiger partial charge is 0.0726 e. The number of rotatable bonds is 9. The van der Waals surface area contributed by atoms with Crippen LogP contribution in [-0.4, -0.2) is 40.9 Å². The number of likely N-dealkylation sites (N-methyl/N-ethyl adjacent to an activating group) is 1. The molecule has 0 aromatic carbocycles. The van der Waals surface area contributed by atoms with Gasteiger partial charge in [-0.15, -0.1) is 0 Å². The molecule has 4 heteroatoms. The summed E-state index contributed by atoms with van der Waals surface area (Å²) in [7, 11) is 0. The first-order valence-electron chi connectivity index (χ1n) is 8.80. The first kappa shape index (κ1) is 16.3. The molecule has 1 aromatic rings. The zero-order valence-corrected chi connectivity index (χ0v) is 13.9. The fourth-order valence-electron chi connectivity index (χ4n) is 3.26. The molecule has 1 aromatic heterocycles. The summed E-state index contributed by atoms with van der Waals surface area (Å²) in [5.41, 5.74) is 1.17. The normalized spacial score (nSPS) is 16.5. The van der Waals surface area contributed by atoms with Gasteiger partial charge in [-0.1, -0.05) is 46.0 Å². The molecule has 0 bridgehead atoms. The molecule has 1 saturated carbocycles. The zero-order chi connectivity index (χ0) is 14.9. The van der Waals surface area contributed by atoms with Crippen molar-refractivity contribution in [1.29, 1.82) is 0 Å². The van der Waals surface area contributed by atoms with Gasteiger partial charge >= 0.3 is 0 Å². The van der Waals surface area contributed by atoms with E-state index in [2.05, 4.69) is 40.0 Å². The Morgan fingerprint density at radius 2 is 2.00 bits per heavy atom. The lowest BCUT2D eigenvalue weighted by Gasteiger charge is -2.21. The standard InChI is InChI=1S/C17H32N4/c1-3-20(4-2)12-13-21-15-17(14-19-21)18-11-10-16-8-6-5-7-9-16/h14-16,18H,3-13H2,1-2H3. The van der Waals surface area contributed by atoms with Crippen LogP contribution in [-0.2, 0) is 6.54 Å². The second-order valence-corrected chi connectivity index (χ2v) is 6.24. The molecule has 1 fully saturated rings. The molecule has 0 atom stereocenters. The molecular weight excluding hydrogens is 260 g/mol. The van der Waals surface area contributed by atoms with Crippen molar-refractivity contribution in [3.63, 3.8) is 0 Å². The molecule has 0 amide bonds. The molecular formula is C17H32N4. The maximum Gasteiger partial charge on any atom is 0.0726 e. The Morgan fingerprint density at radius 1 is 1.24 bits per heavy atom. The molecule has 2 rings (SSSR count). The summed E-state index contributed by atoms with van der Waals surface area (Å²) in [4.78, 5) is 2.43. The molecule has 0 saturated heterocycles. The monoisotopic (exact) mass is 292 g/mol. The lowest BCUT2D eigenvalue weighted by Crippen LogP contribution is -2.27. The number of nitrogens with one attached hydrogen (secondary N) is 1. The molecule has 0 radical (unpaired) electrons. The van der Waals surface area contributed by atoms with Crippen molar-refractivity contribution in [3.8, 4) is 0 Å². The van der Waals surface area contributed by atoms with Crippen LogP contribution in [0.1, 0.15) is 52.4 Å². The van der Waals surface area contributed by atoms with E-state index in [1.807, 2.05) is 6.20 Å². The van der Waals surface area contributed by atoms with E-state index in [4.69, 9.17) is 0 Å². The van der Waals surface area contributed by atoms with Crippen LogP contribution in [0.15, 0.2) is 12.4 Å². The molecule has 4 nitrogen and oxygen atoms in total. The predicted octanol–water partition coefficient (Wildman–Crippen LogP) is 3.61. The number of aromatic nitrogens is 2.